The van der Waals surface area contributed by atoms with Gasteiger partial charge in [-0.1, -0.05) is 12.1 Å². The number of rotatable bonds is 4. The Labute approximate surface area is 148 Å². The largest absolute Gasteiger partial charge is 0.497 e. The van der Waals surface area contributed by atoms with Gasteiger partial charge in [0, 0.05) is 52.2 Å². The molecule has 3 rings (SSSR count). The maximum atomic E-state index is 5.19. The quantitative estimate of drug-likeness (QED) is 0.670. The number of aromatic nitrogens is 2. The van der Waals surface area contributed by atoms with Crippen molar-refractivity contribution in [1.82, 2.24) is 20.2 Å². The molecule has 2 heterocycles. The fourth-order valence-corrected chi connectivity index (χ4v) is 2.83. The van der Waals surface area contributed by atoms with Crippen LogP contribution < -0.4 is 15.0 Å². The van der Waals surface area contributed by atoms with Gasteiger partial charge in [0.05, 0.1) is 7.11 Å². The zero-order valence-electron chi connectivity index (χ0n) is 14.7. The Morgan fingerprint density at radius 3 is 2.40 bits per heavy atom. The third kappa shape index (κ3) is 4.37. The third-order valence-corrected chi connectivity index (χ3v) is 4.24. The zero-order chi connectivity index (χ0) is 17.5. The second kappa shape index (κ2) is 8.32. The van der Waals surface area contributed by atoms with Gasteiger partial charge in [0.25, 0.3) is 0 Å². The van der Waals surface area contributed by atoms with Gasteiger partial charge in [-0.15, -0.1) is 0 Å². The van der Waals surface area contributed by atoms with Crippen molar-refractivity contribution in [2.45, 2.75) is 6.54 Å². The van der Waals surface area contributed by atoms with E-state index in [9.17, 15) is 0 Å². The molecule has 7 heteroatoms. The Morgan fingerprint density at radius 2 is 1.80 bits per heavy atom. The number of ether oxygens (including phenoxy) is 1. The van der Waals surface area contributed by atoms with Gasteiger partial charge in [-0.2, -0.15) is 0 Å². The smallest absolute Gasteiger partial charge is 0.225 e. The average molecular weight is 340 g/mol. The summed E-state index contributed by atoms with van der Waals surface area (Å²) in [5, 5.41) is 3.43. The van der Waals surface area contributed by atoms with Gasteiger partial charge in [0.15, 0.2) is 5.96 Å². The molecule has 0 unspecified atom stereocenters. The van der Waals surface area contributed by atoms with E-state index in [0.29, 0.717) is 0 Å². The van der Waals surface area contributed by atoms with Crippen molar-refractivity contribution in [3.05, 3.63) is 48.3 Å². The van der Waals surface area contributed by atoms with Crippen molar-refractivity contribution in [1.29, 1.82) is 0 Å². The predicted octanol–water partition coefficient (Wildman–Crippen LogP) is 1.38. The van der Waals surface area contributed by atoms with Crippen LogP contribution in [0, 0.1) is 0 Å². The molecule has 1 fully saturated rings. The van der Waals surface area contributed by atoms with Gasteiger partial charge in [0.2, 0.25) is 5.95 Å². The Bertz CT molecular complexity index is 680. The van der Waals surface area contributed by atoms with Crippen molar-refractivity contribution in [2.24, 2.45) is 4.99 Å². The Hall–Kier alpha value is -2.83. The monoisotopic (exact) mass is 340 g/mol. The van der Waals surface area contributed by atoms with E-state index >= 15 is 0 Å². The van der Waals surface area contributed by atoms with Crippen LogP contribution in [-0.4, -0.2) is 61.2 Å². The number of aliphatic imine (C=N–C) groups is 1. The lowest BCUT2D eigenvalue weighted by atomic mass is 10.2. The molecular weight excluding hydrogens is 316 g/mol. The second-order valence-corrected chi connectivity index (χ2v) is 5.77. The van der Waals surface area contributed by atoms with E-state index in [2.05, 4.69) is 42.2 Å². The fourth-order valence-electron chi connectivity index (χ4n) is 2.83. The molecule has 7 nitrogen and oxygen atoms in total. The number of hydrogen-bond acceptors (Lipinski definition) is 5. The topological polar surface area (TPSA) is 65.9 Å². The van der Waals surface area contributed by atoms with E-state index in [0.717, 1.165) is 50.4 Å². The number of nitrogens with zero attached hydrogens (tertiary/aromatic N) is 5. The SMILES string of the molecule is CN=C(NCc1ccc(OC)cc1)N1CCN(c2ncccn2)CC1. The molecule has 0 aliphatic carbocycles. The van der Waals surface area contributed by atoms with Crippen molar-refractivity contribution in [3.63, 3.8) is 0 Å². The molecule has 1 aliphatic rings. The molecule has 1 aliphatic heterocycles. The van der Waals surface area contributed by atoms with Gasteiger partial charge < -0.3 is 19.9 Å². The van der Waals surface area contributed by atoms with Gasteiger partial charge >= 0.3 is 0 Å². The molecular formula is C18H24N6O. The van der Waals surface area contributed by atoms with Crippen LogP contribution in [0.2, 0.25) is 0 Å². The summed E-state index contributed by atoms with van der Waals surface area (Å²) in [6, 6.07) is 9.90. The summed E-state index contributed by atoms with van der Waals surface area (Å²) in [6.45, 7) is 4.28. The van der Waals surface area contributed by atoms with Crippen LogP contribution in [0.1, 0.15) is 5.56 Å². The van der Waals surface area contributed by atoms with Crippen molar-refractivity contribution >= 4 is 11.9 Å². The molecule has 0 saturated carbocycles. The van der Waals surface area contributed by atoms with Gasteiger partial charge in [-0.3, -0.25) is 4.99 Å². The number of anilines is 1. The van der Waals surface area contributed by atoms with E-state index in [1.165, 1.54) is 5.56 Å². The predicted molar refractivity (Wildman–Crippen MR) is 99.0 cm³/mol. The zero-order valence-corrected chi connectivity index (χ0v) is 14.7. The summed E-state index contributed by atoms with van der Waals surface area (Å²) in [4.78, 5) is 17.5. The minimum absolute atomic E-state index is 0.735. The van der Waals surface area contributed by atoms with Gasteiger partial charge in [0.1, 0.15) is 5.75 Å². The first kappa shape index (κ1) is 17.0. The van der Waals surface area contributed by atoms with Crippen LogP contribution in [0.5, 0.6) is 5.75 Å². The Morgan fingerprint density at radius 1 is 1.12 bits per heavy atom. The average Bonchev–Trinajstić information content (AvgIpc) is 2.70. The first-order valence-corrected chi connectivity index (χ1v) is 8.40. The summed E-state index contributed by atoms with van der Waals surface area (Å²) < 4.78 is 5.19. The van der Waals surface area contributed by atoms with E-state index in [4.69, 9.17) is 4.74 Å². The number of piperazine rings is 1. The molecule has 0 bridgehead atoms. The van der Waals surface area contributed by atoms with E-state index in [1.807, 2.05) is 25.2 Å². The Kier molecular flexibility index (Phi) is 5.66. The number of nitrogens with one attached hydrogen (secondary N) is 1. The van der Waals surface area contributed by atoms with Crippen LogP contribution in [0.25, 0.3) is 0 Å². The van der Waals surface area contributed by atoms with Crippen LogP contribution >= 0.6 is 0 Å². The molecule has 2 aromatic rings. The van der Waals surface area contributed by atoms with Crippen LogP contribution in [0.3, 0.4) is 0 Å². The molecule has 1 saturated heterocycles. The standard InChI is InChI=1S/C18H24N6O/c1-19-17(22-14-15-4-6-16(25-2)7-5-15)23-10-12-24(13-11-23)18-20-8-3-9-21-18/h3-9H,10-14H2,1-2H3,(H,19,22). The minimum atomic E-state index is 0.735. The maximum Gasteiger partial charge on any atom is 0.225 e. The Balaban J connectivity index is 1.52. The van der Waals surface area contributed by atoms with Crippen LogP contribution in [0.4, 0.5) is 5.95 Å². The summed E-state index contributed by atoms with van der Waals surface area (Å²) >= 11 is 0. The van der Waals surface area contributed by atoms with Crippen LogP contribution in [0.15, 0.2) is 47.7 Å². The lowest BCUT2D eigenvalue weighted by Gasteiger charge is -2.36. The molecule has 0 radical (unpaired) electrons. The lowest BCUT2D eigenvalue weighted by Crippen LogP contribution is -2.52. The maximum absolute atomic E-state index is 5.19. The van der Waals surface area contributed by atoms with Crippen LogP contribution in [-0.2, 0) is 6.54 Å². The van der Waals surface area contributed by atoms with Crippen molar-refractivity contribution < 1.29 is 4.74 Å². The molecule has 1 aromatic carbocycles. The summed E-state index contributed by atoms with van der Waals surface area (Å²) in [5.74, 6) is 2.58. The number of benzene rings is 1. The third-order valence-electron chi connectivity index (χ3n) is 4.24. The highest BCUT2D eigenvalue weighted by Gasteiger charge is 2.20. The highest BCUT2D eigenvalue weighted by molar-refractivity contribution is 5.80. The van der Waals surface area contributed by atoms with E-state index < -0.39 is 0 Å². The summed E-state index contributed by atoms with van der Waals surface area (Å²) in [5.41, 5.74) is 1.19. The molecule has 1 aromatic heterocycles. The number of methoxy groups -OCH3 is 1. The van der Waals surface area contributed by atoms with Crippen molar-refractivity contribution in [2.75, 3.05) is 45.2 Å². The van der Waals surface area contributed by atoms with Gasteiger partial charge in [-0.25, -0.2) is 9.97 Å². The first-order chi connectivity index (χ1) is 12.3. The van der Waals surface area contributed by atoms with Crippen molar-refractivity contribution in [3.8, 4) is 5.75 Å². The summed E-state index contributed by atoms with van der Waals surface area (Å²) in [6.07, 6.45) is 3.56. The first-order valence-electron chi connectivity index (χ1n) is 8.40. The summed E-state index contributed by atoms with van der Waals surface area (Å²) in [7, 11) is 3.50. The second-order valence-electron chi connectivity index (χ2n) is 5.77. The lowest BCUT2D eigenvalue weighted by molar-refractivity contribution is 0.370. The van der Waals surface area contributed by atoms with E-state index in [1.54, 1.807) is 19.5 Å². The molecule has 0 atom stereocenters. The highest BCUT2D eigenvalue weighted by atomic mass is 16.5. The molecule has 0 spiro atoms. The molecule has 0 amide bonds. The number of hydrogen-bond donors (Lipinski definition) is 1. The highest BCUT2D eigenvalue weighted by Crippen LogP contribution is 2.12. The molecule has 1 N–H and O–H groups in total. The normalized spacial score (nSPS) is 15.2. The minimum Gasteiger partial charge on any atom is -0.497 e. The fraction of sp³-hybridized carbons (Fsp3) is 0.389. The molecule has 132 valence electrons. The van der Waals surface area contributed by atoms with E-state index in [-0.39, 0.29) is 0 Å². The number of guanidine groups is 1. The van der Waals surface area contributed by atoms with Gasteiger partial charge in [-0.05, 0) is 23.8 Å². The molecule has 25 heavy (non-hydrogen) atoms.